The van der Waals surface area contributed by atoms with Gasteiger partial charge in [-0.3, -0.25) is 5.32 Å². The zero-order chi connectivity index (χ0) is 17.0. The smallest absolute Gasteiger partial charge is 0.412 e. The highest BCUT2D eigenvalue weighted by molar-refractivity contribution is 9.10. The quantitative estimate of drug-likeness (QED) is 0.577. The van der Waals surface area contributed by atoms with Crippen LogP contribution < -0.4 is 10.1 Å². The van der Waals surface area contributed by atoms with Crippen LogP contribution in [0.1, 0.15) is 20.8 Å². The van der Waals surface area contributed by atoms with Gasteiger partial charge < -0.3 is 9.47 Å². The molecule has 0 bridgehead atoms. The van der Waals surface area contributed by atoms with Crippen molar-refractivity contribution in [1.82, 2.24) is 9.97 Å². The fourth-order valence-corrected chi connectivity index (χ4v) is 2.25. The van der Waals surface area contributed by atoms with Gasteiger partial charge in [-0.1, -0.05) is 12.1 Å². The number of para-hydroxylation sites is 2. The van der Waals surface area contributed by atoms with E-state index in [1.165, 1.54) is 0 Å². The van der Waals surface area contributed by atoms with Gasteiger partial charge in [0, 0.05) is 6.07 Å². The van der Waals surface area contributed by atoms with E-state index >= 15 is 0 Å². The van der Waals surface area contributed by atoms with Gasteiger partial charge in [0.1, 0.15) is 10.2 Å². The van der Waals surface area contributed by atoms with Gasteiger partial charge in [-0.15, -0.1) is 0 Å². The molecule has 23 heavy (non-hydrogen) atoms. The Labute approximate surface area is 147 Å². The molecule has 0 unspecified atom stereocenters. The van der Waals surface area contributed by atoms with Crippen molar-refractivity contribution in [3.8, 4) is 11.6 Å². The fourth-order valence-electron chi connectivity index (χ4n) is 1.61. The van der Waals surface area contributed by atoms with Crippen molar-refractivity contribution in [2.24, 2.45) is 0 Å². The van der Waals surface area contributed by atoms with Crippen LogP contribution in [0.4, 0.5) is 10.5 Å². The molecule has 0 spiro atoms. The number of anilines is 1. The second-order valence-corrected chi connectivity index (χ2v) is 6.67. The third-order valence-corrected chi connectivity index (χ3v) is 2.96. The van der Waals surface area contributed by atoms with E-state index in [1.54, 1.807) is 51.1 Å². The summed E-state index contributed by atoms with van der Waals surface area (Å²) in [6.45, 7) is 5.36. The van der Waals surface area contributed by atoms with Gasteiger partial charge in [0.15, 0.2) is 5.75 Å². The van der Waals surface area contributed by atoms with Gasteiger partial charge >= 0.3 is 6.09 Å². The topological polar surface area (TPSA) is 73.3 Å². The van der Waals surface area contributed by atoms with E-state index < -0.39 is 11.7 Å². The fraction of sp³-hybridized carbons (Fsp3) is 0.267. The summed E-state index contributed by atoms with van der Waals surface area (Å²) in [5, 5.41) is 2.69. The Morgan fingerprint density at radius 2 is 1.96 bits per heavy atom. The first-order chi connectivity index (χ1) is 10.7. The van der Waals surface area contributed by atoms with Crippen LogP contribution in [0.2, 0.25) is 5.28 Å². The third kappa shape index (κ3) is 5.69. The van der Waals surface area contributed by atoms with Crippen LogP contribution in [-0.2, 0) is 4.74 Å². The third-order valence-electron chi connectivity index (χ3n) is 2.38. The minimum absolute atomic E-state index is 0.0481. The normalized spacial score (nSPS) is 11.0. The van der Waals surface area contributed by atoms with E-state index in [2.05, 4.69) is 31.2 Å². The highest BCUT2D eigenvalue weighted by atomic mass is 79.9. The zero-order valence-corrected chi connectivity index (χ0v) is 15.1. The van der Waals surface area contributed by atoms with Crippen molar-refractivity contribution in [3.63, 3.8) is 0 Å². The molecular weight excluding hydrogens is 386 g/mol. The molecule has 0 fully saturated rings. The van der Waals surface area contributed by atoms with Crippen molar-refractivity contribution in [2.45, 2.75) is 26.4 Å². The Balaban J connectivity index is 2.19. The molecule has 2 aromatic rings. The van der Waals surface area contributed by atoms with E-state index in [9.17, 15) is 4.79 Å². The highest BCUT2D eigenvalue weighted by Gasteiger charge is 2.17. The highest BCUT2D eigenvalue weighted by Crippen LogP contribution is 2.30. The number of hydrogen-bond donors (Lipinski definition) is 1. The van der Waals surface area contributed by atoms with Crippen LogP contribution in [0.25, 0.3) is 0 Å². The van der Waals surface area contributed by atoms with Gasteiger partial charge in [0.05, 0.1) is 5.69 Å². The van der Waals surface area contributed by atoms with Crippen molar-refractivity contribution in [2.75, 3.05) is 5.32 Å². The maximum atomic E-state index is 11.9. The standard InChI is InChI=1S/C15H15BrClN3O3/c1-15(2,3)23-14(21)18-9-6-4-5-7-10(9)22-12-8-11(16)19-13(17)20-12/h4-8H,1-3H3,(H,18,21). The molecule has 0 radical (unpaired) electrons. The van der Waals surface area contributed by atoms with Gasteiger partial charge in [-0.25, -0.2) is 9.78 Å². The molecule has 1 aromatic heterocycles. The van der Waals surface area contributed by atoms with E-state index in [-0.39, 0.29) is 11.2 Å². The molecular formula is C15H15BrClN3O3. The molecule has 0 aliphatic heterocycles. The Morgan fingerprint density at radius 1 is 1.26 bits per heavy atom. The molecule has 122 valence electrons. The van der Waals surface area contributed by atoms with Gasteiger partial charge in [0.25, 0.3) is 0 Å². The molecule has 8 heteroatoms. The number of nitrogens with zero attached hydrogens (tertiary/aromatic N) is 2. The van der Waals surface area contributed by atoms with Crippen molar-refractivity contribution in [1.29, 1.82) is 0 Å². The monoisotopic (exact) mass is 399 g/mol. The van der Waals surface area contributed by atoms with Crippen LogP contribution in [0.5, 0.6) is 11.6 Å². The lowest BCUT2D eigenvalue weighted by molar-refractivity contribution is 0.0635. The first kappa shape index (κ1) is 17.5. The lowest BCUT2D eigenvalue weighted by Crippen LogP contribution is -2.27. The molecule has 0 aliphatic carbocycles. The molecule has 0 aliphatic rings. The van der Waals surface area contributed by atoms with Gasteiger partial charge in [0.2, 0.25) is 11.2 Å². The second kappa shape index (κ2) is 7.14. The average Bonchev–Trinajstić information content (AvgIpc) is 2.37. The molecule has 1 aromatic carbocycles. The lowest BCUT2D eigenvalue weighted by Gasteiger charge is -2.20. The summed E-state index contributed by atoms with van der Waals surface area (Å²) in [6, 6.07) is 8.49. The van der Waals surface area contributed by atoms with E-state index in [1.807, 2.05) is 0 Å². The Morgan fingerprint density at radius 3 is 2.61 bits per heavy atom. The van der Waals surface area contributed by atoms with Crippen molar-refractivity contribution >= 4 is 39.3 Å². The van der Waals surface area contributed by atoms with Crippen LogP contribution in [0.3, 0.4) is 0 Å². The number of halogens is 2. The molecule has 1 heterocycles. The predicted molar refractivity (Wildman–Crippen MR) is 91.1 cm³/mol. The SMILES string of the molecule is CC(C)(C)OC(=O)Nc1ccccc1Oc1cc(Br)nc(Cl)n1. The molecule has 6 nitrogen and oxygen atoms in total. The Bertz CT molecular complexity index is 699. The summed E-state index contributed by atoms with van der Waals surface area (Å²) in [5.74, 6) is 0.648. The maximum absolute atomic E-state index is 11.9. The minimum atomic E-state index is -0.592. The predicted octanol–water partition coefficient (Wildman–Crippen LogP) is 5.03. The number of carbonyl (C=O) groups is 1. The van der Waals surface area contributed by atoms with Gasteiger partial charge in [-0.05, 0) is 60.4 Å². The lowest BCUT2D eigenvalue weighted by atomic mass is 10.2. The number of amides is 1. The summed E-state index contributed by atoms with van der Waals surface area (Å²) < 4.78 is 11.4. The first-order valence-corrected chi connectivity index (χ1v) is 7.87. The van der Waals surface area contributed by atoms with Crippen molar-refractivity contribution < 1.29 is 14.3 Å². The molecule has 1 amide bonds. The van der Waals surface area contributed by atoms with E-state index in [0.29, 0.717) is 16.0 Å². The van der Waals surface area contributed by atoms with E-state index in [4.69, 9.17) is 21.1 Å². The second-order valence-electron chi connectivity index (χ2n) is 5.52. The maximum Gasteiger partial charge on any atom is 0.412 e. The molecule has 2 rings (SSSR count). The number of nitrogens with one attached hydrogen (secondary N) is 1. The van der Waals surface area contributed by atoms with Crippen LogP contribution in [-0.4, -0.2) is 21.7 Å². The van der Waals surface area contributed by atoms with Crippen LogP contribution in [0.15, 0.2) is 34.9 Å². The Kier molecular flexibility index (Phi) is 5.43. The number of benzene rings is 1. The molecule has 1 N–H and O–H groups in total. The first-order valence-electron chi connectivity index (χ1n) is 6.70. The van der Waals surface area contributed by atoms with Crippen molar-refractivity contribution in [3.05, 3.63) is 40.2 Å². The van der Waals surface area contributed by atoms with E-state index in [0.717, 1.165) is 0 Å². The summed E-state index contributed by atoms with van der Waals surface area (Å²) >= 11 is 9.00. The molecule has 0 saturated heterocycles. The molecule has 0 atom stereocenters. The number of aromatic nitrogens is 2. The molecule has 0 saturated carbocycles. The van der Waals surface area contributed by atoms with Gasteiger partial charge in [-0.2, -0.15) is 4.98 Å². The largest absolute Gasteiger partial charge is 0.444 e. The minimum Gasteiger partial charge on any atom is -0.444 e. The number of carbonyl (C=O) groups excluding carboxylic acids is 1. The summed E-state index contributed by atoms with van der Waals surface area (Å²) in [6.07, 6.45) is -0.574. The summed E-state index contributed by atoms with van der Waals surface area (Å²) in [5.41, 5.74) is -0.141. The average molecular weight is 401 g/mol. The Hall–Kier alpha value is -1.86. The summed E-state index contributed by atoms with van der Waals surface area (Å²) in [7, 11) is 0. The summed E-state index contributed by atoms with van der Waals surface area (Å²) in [4.78, 5) is 19.8. The number of ether oxygens (including phenoxy) is 2. The van der Waals surface area contributed by atoms with Crippen LogP contribution >= 0.6 is 27.5 Å². The van der Waals surface area contributed by atoms with Crippen LogP contribution in [0, 0.1) is 0 Å². The zero-order valence-electron chi connectivity index (χ0n) is 12.8. The number of hydrogen-bond acceptors (Lipinski definition) is 5. The number of rotatable bonds is 3.